The zero-order chi connectivity index (χ0) is 14.6. The van der Waals surface area contributed by atoms with Gasteiger partial charge in [-0.25, -0.2) is 0 Å². The summed E-state index contributed by atoms with van der Waals surface area (Å²) < 4.78 is 0. The Morgan fingerprint density at radius 1 is 0.619 bits per heavy atom. The molecule has 0 amide bonds. The number of rotatable bonds is 0. The minimum Gasteiger partial charge on any atom is -0.265 e. The van der Waals surface area contributed by atoms with Crippen LogP contribution in [0, 0.1) is 0 Å². The summed E-state index contributed by atoms with van der Waals surface area (Å²) in [4.78, 5) is 7.97. The molecule has 3 heterocycles. The zero-order valence-electron chi connectivity index (χ0n) is 11.5. The van der Waals surface area contributed by atoms with E-state index in [2.05, 4.69) is 22.1 Å². The average molecular weight is 292 g/mol. The first kappa shape index (κ1) is 14.9. The summed E-state index contributed by atoms with van der Waals surface area (Å²) in [6.07, 6.45) is 5.31. The van der Waals surface area contributed by atoms with Crippen LogP contribution in [-0.4, -0.2) is 9.97 Å². The van der Waals surface area contributed by atoms with Gasteiger partial charge in [-0.15, -0.1) is 0 Å². The van der Waals surface area contributed by atoms with Crippen LogP contribution in [0.25, 0.3) is 10.9 Å². The normalized spacial score (nSPS) is 8.95. The number of hydrogen-bond donors (Lipinski definition) is 0. The van der Waals surface area contributed by atoms with Crippen molar-refractivity contribution in [2.24, 2.45) is 0 Å². The first-order valence-electron chi connectivity index (χ1n) is 6.59. The maximum Gasteiger partial charge on any atom is 0.0701 e. The van der Waals surface area contributed by atoms with Crippen molar-refractivity contribution < 1.29 is 0 Å². The number of nitrogens with zero attached hydrogens (tertiary/aromatic N) is 2. The van der Waals surface area contributed by atoms with E-state index in [4.69, 9.17) is 0 Å². The Hall–Kier alpha value is -2.52. The molecule has 0 aliphatic rings. The topological polar surface area (TPSA) is 25.8 Å². The number of aromatic nitrogens is 2. The molecule has 0 radical (unpaired) electrons. The van der Waals surface area contributed by atoms with Crippen LogP contribution in [0.1, 0.15) is 0 Å². The average Bonchev–Trinajstić information content (AvgIpc) is 3.17. The van der Waals surface area contributed by atoms with E-state index in [-0.39, 0.29) is 0 Å². The molecule has 0 N–H and O–H groups in total. The summed E-state index contributed by atoms with van der Waals surface area (Å²) in [5.74, 6) is 0. The highest BCUT2D eigenvalue weighted by Gasteiger charge is 1.86. The third-order valence-corrected chi connectivity index (χ3v) is 3.13. The van der Waals surface area contributed by atoms with Gasteiger partial charge in [-0.05, 0) is 35.0 Å². The van der Waals surface area contributed by atoms with Gasteiger partial charge in [0.05, 0.1) is 5.52 Å². The van der Waals surface area contributed by atoms with Gasteiger partial charge in [-0.1, -0.05) is 42.5 Å². The number of hydrogen-bond acceptors (Lipinski definition) is 3. The number of benzene rings is 1. The van der Waals surface area contributed by atoms with Gasteiger partial charge in [0.25, 0.3) is 0 Å². The highest BCUT2D eigenvalue weighted by Crippen LogP contribution is 2.07. The van der Waals surface area contributed by atoms with Crippen molar-refractivity contribution in [2.45, 2.75) is 0 Å². The van der Waals surface area contributed by atoms with Gasteiger partial charge in [-0.2, -0.15) is 11.3 Å². The molecule has 3 aromatic heterocycles. The molecule has 21 heavy (non-hydrogen) atoms. The fourth-order valence-corrected chi connectivity index (χ4v) is 2.01. The van der Waals surface area contributed by atoms with Gasteiger partial charge >= 0.3 is 0 Å². The highest BCUT2D eigenvalue weighted by molar-refractivity contribution is 7.07. The Labute approximate surface area is 128 Å². The van der Waals surface area contributed by atoms with Crippen molar-refractivity contribution in [2.75, 3.05) is 0 Å². The molecule has 0 saturated carbocycles. The molecule has 0 unspecified atom stereocenters. The zero-order valence-corrected chi connectivity index (χ0v) is 12.4. The molecule has 0 aliphatic carbocycles. The molecule has 0 aliphatic heterocycles. The summed E-state index contributed by atoms with van der Waals surface area (Å²) >= 11 is 1.71. The van der Waals surface area contributed by atoms with Gasteiger partial charge in [0.15, 0.2) is 0 Å². The van der Waals surface area contributed by atoms with E-state index in [1.807, 2.05) is 71.6 Å². The Morgan fingerprint density at radius 2 is 1.33 bits per heavy atom. The number of pyridine rings is 2. The van der Waals surface area contributed by atoms with Crippen LogP contribution in [0.3, 0.4) is 0 Å². The Morgan fingerprint density at radius 3 is 1.86 bits per heavy atom. The number of thiophene rings is 1. The lowest BCUT2D eigenvalue weighted by molar-refractivity contribution is 1.33. The molecule has 0 saturated heterocycles. The summed E-state index contributed by atoms with van der Waals surface area (Å²) in [5, 5.41) is 5.28. The molecular formula is C18H16N2S. The second kappa shape index (κ2) is 9.39. The molecule has 0 bridgehead atoms. The van der Waals surface area contributed by atoms with Crippen LogP contribution in [0.5, 0.6) is 0 Å². The van der Waals surface area contributed by atoms with Crippen LogP contribution in [0.4, 0.5) is 0 Å². The first-order valence-corrected chi connectivity index (χ1v) is 7.53. The molecule has 2 nitrogen and oxygen atoms in total. The maximum absolute atomic E-state index is 4.18. The Bertz CT molecular complexity index is 600. The fourth-order valence-electron chi connectivity index (χ4n) is 1.56. The van der Waals surface area contributed by atoms with E-state index in [1.165, 1.54) is 5.39 Å². The smallest absolute Gasteiger partial charge is 0.0701 e. The molecule has 0 fully saturated rings. The van der Waals surface area contributed by atoms with E-state index in [9.17, 15) is 0 Å². The third kappa shape index (κ3) is 5.97. The molecule has 3 heteroatoms. The summed E-state index contributed by atoms with van der Waals surface area (Å²) in [7, 11) is 0. The van der Waals surface area contributed by atoms with Crippen LogP contribution in [0.15, 0.2) is 96.1 Å². The lowest BCUT2D eigenvalue weighted by Crippen LogP contribution is -1.73. The SMILES string of the molecule is c1ccc2ncccc2c1.c1ccncc1.c1ccsc1. The van der Waals surface area contributed by atoms with Gasteiger partial charge in [0.1, 0.15) is 0 Å². The van der Waals surface area contributed by atoms with E-state index in [1.54, 1.807) is 23.7 Å². The summed E-state index contributed by atoms with van der Waals surface area (Å²) in [5.41, 5.74) is 1.06. The maximum atomic E-state index is 4.18. The fraction of sp³-hybridized carbons (Fsp3) is 0. The monoisotopic (exact) mass is 292 g/mol. The minimum atomic E-state index is 1.06. The molecular weight excluding hydrogens is 276 g/mol. The quantitative estimate of drug-likeness (QED) is 0.452. The van der Waals surface area contributed by atoms with E-state index in [0.717, 1.165) is 5.52 Å². The van der Waals surface area contributed by atoms with E-state index < -0.39 is 0 Å². The lowest BCUT2D eigenvalue weighted by Gasteiger charge is -1.91. The molecule has 0 spiro atoms. The largest absolute Gasteiger partial charge is 0.265 e. The summed E-state index contributed by atoms with van der Waals surface area (Å²) in [6, 6.07) is 21.8. The Balaban J connectivity index is 0.000000126. The molecule has 104 valence electrons. The van der Waals surface area contributed by atoms with Crippen molar-refractivity contribution in [1.29, 1.82) is 0 Å². The summed E-state index contributed by atoms with van der Waals surface area (Å²) in [6.45, 7) is 0. The minimum absolute atomic E-state index is 1.06. The van der Waals surface area contributed by atoms with Crippen molar-refractivity contribution >= 4 is 22.2 Å². The van der Waals surface area contributed by atoms with Crippen LogP contribution in [-0.2, 0) is 0 Å². The van der Waals surface area contributed by atoms with Crippen molar-refractivity contribution in [3.8, 4) is 0 Å². The van der Waals surface area contributed by atoms with E-state index >= 15 is 0 Å². The van der Waals surface area contributed by atoms with Crippen LogP contribution >= 0.6 is 11.3 Å². The Kier molecular flexibility index (Phi) is 6.66. The van der Waals surface area contributed by atoms with Crippen molar-refractivity contribution in [3.63, 3.8) is 0 Å². The van der Waals surface area contributed by atoms with E-state index in [0.29, 0.717) is 0 Å². The first-order chi connectivity index (χ1) is 10.5. The second-order valence-corrected chi connectivity index (χ2v) is 4.83. The second-order valence-electron chi connectivity index (χ2n) is 4.01. The lowest BCUT2D eigenvalue weighted by atomic mass is 10.2. The highest BCUT2D eigenvalue weighted by atomic mass is 32.1. The number of fused-ring (bicyclic) bond motifs is 1. The van der Waals surface area contributed by atoms with Crippen molar-refractivity contribution in [3.05, 3.63) is 96.1 Å². The van der Waals surface area contributed by atoms with Gasteiger partial charge in [0, 0.05) is 24.0 Å². The van der Waals surface area contributed by atoms with Crippen LogP contribution < -0.4 is 0 Å². The van der Waals surface area contributed by atoms with Gasteiger partial charge in [-0.3, -0.25) is 9.97 Å². The molecule has 4 aromatic rings. The standard InChI is InChI=1S/C9H7N.C5H5N.C4H4S/c1-2-6-9-8(4-1)5-3-7-10-9;1-2-4-6-5-3-1;1-2-4-5-3-1/h1-7H;1-5H;1-4H. The third-order valence-electron chi connectivity index (χ3n) is 2.50. The number of para-hydroxylation sites is 1. The van der Waals surface area contributed by atoms with Gasteiger partial charge < -0.3 is 0 Å². The van der Waals surface area contributed by atoms with Gasteiger partial charge in [0.2, 0.25) is 0 Å². The molecule has 1 aromatic carbocycles. The van der Waals surface area contributed by atoms with Crippen LogP contribution in [0.2, 0.25) is 0 Å². The molecule has 0 atom stereocenters. The molecule has 4 rings (SSSR count). The predicted molar refractivity (Wildman–Crippen MR) is 90.3 cm³/mol. The van der Waals surface area contributed by atoms with Crippen molar-refractivity contribution in [1.82, 2.24) is 9.97 Å². The predicted octanol–water partition coefficient (Wildman–Crippen LogP) is 5.06.